The second kappa shape index (κ2) is 5.11. The Kier molecular flexibility index (Phi) is 3.85. The highest BCUT2D eigenvalue weighted by Crippen LogP contribution is 2.23. The number of hydrogen-bond donors (Lipinski definition) is 3. The van der Waals surface area contributed by atoms with Gasteiger partial charge >= 0.3 is 0 Å². The molecule has 0 saturated heterocycles. The van der Waals surface area contributed by atoms with Crippen LogP contribution in [0, 0.1) is 0 Å². The predicted molar refractivity (Wildman–Crippen MR) is 76.5 cm³/mol. The average molecular weight is 283 g/mol. The fourth-order valence-electron chi connectivity index (χ4n) is 1.65. The van der Waals surface area contributed by atoms with E-state index in [0.29, 0.717) is 11.4 Å². The van der Waals surface area contributed by atoms with Gasteiger partial charge in [-0.1, -0.05) is 0 Å². The van der Waals surface area contributed by atoms with Crippen LogP contribution in [0.4, 0.5) is 5.69 Å². The first-order valence-electron chi connectivity index (χ1n) is 6.43. The van der Waals surface area contributed by atoms with Crippen LogP contribution in [0.15, 0.2) is 29.2 Å². The fraction of sp³-hybridized carbons (Fsp3) is 0.538. The van der Waals surface area contributed by atoms with Crippen molar-refractivity contribution in [1.82, 2.24) is 4.72 Å². The summed E-state index contributed by atoms with van der Waals surface area (Å²) in [4.78, 5) is 0.301. The summed E-state index contributed by atoms with van der Waals surface area (Å²) in [5.74, 6) is 0. The number of sulfonamides is 1. The Morgan fingerprint density at radius 3 is 2.32 bits per heavy atom. The molecule has 0 aromatic heterocycles. The maximum Gasteiger partial charge on any atom is 0.240 e. The molecule has 1 aromatic rings. The molecule has 0 unspecified atom stereocenters. The minimum Gasteiger partial charge on any atom is -0.379 e. The Labute approximate surface area is 114 Å². The largest absolute Gasteiger partial charge is 0.379 e. The minimum absolute atomic E-state index is 0.124. The lowest BCUT2D eigenvalue weighted by molar-refractivity contribution is 0.579. The lowest BCUT2D eigenvalue weighted by atomic mass is 10.1. The molecule has 0 atom stereocenters. The van der Waals surface area contributed by atoms with Crippen LogP contribution in [0.3, 0.4) is 0 Å². The second-order valence-corrected chi connectivity index (χ2v) is 7.35. The maximum absolute atomic E-state index is 12.0. The monoisotopic (exact) mass is 283 g/mol. The topological polar surface area (TPSA) is 84.2 Å². The first-order valence-corrected chi connectivity index (χ1v) is 7.91. The van der Waals surface area contributed by atoms with Crippen molar-refractivity contribution >= 4 is 15.7 Å². The SMILES string of the molecule is CC(C)(CN)Nc1ccc(S(=O)(=O)NC2CC2)cc1. The fourth-order valence-corrected chi connectivity index (χ4v) is 2.95. The Bertz CT molecular complexity index is 534. The van der Waals surface area contributed by atoms with Crippen molar-refractivity contribution in [2.75, 3.05) is 11.9 Å². The van der Waals surface area contributed by atoms with Gasteiger partial charge in [0.25, 0.3) is 0 Å². The maximum atomic E-state index is 12.0. The van der Waals surface area contributed by atoms with Crippen LogP contribution in [-0.2, 0) is 10.0 Å². The van der Waals surface area contributed by atoms with Crippen molar-refractivity contribution in [3.8, 4) is 0 Å². The van der Waals surface area contributed by atoms with Crippen molar-refractivity contribution in [1.29, 1.82) is 0 Å². The van der Waals surface area contributed by atoms with E-state index in [-0.39, 0.29) is 11.6 Å². The van der Waals surface area contributed by atoms with E-state index in [1.807, 2.05) is 13.8 Å². The third kappa shape index (κ3) is 3.92. The molecule has 1 fully saturated rings. The Morgan fingerprint density at radius 1 is 1.26 bits per heavy atom. The van der Waals surface area contributed by atoms with Crippen molar-refractivity contribution in [2.24, 2.45) is 5.73 Å². The first kappa shape index (κ1) is 14.3. The lowest BCUT2D eigenvalue weighted by Crippen LogP contribution is -2.39. The molecule has 5 nitrogen and oxygen atoms in total. The molecule has 1 aromatic carbocycles. The van der Waals surface area contributed by atoms with Crippen LogP contribution >= 0.6 is 0 Å². The van der Waals surface area contributed by atoms with Gasteiger partial charge in [0.2, 0.25) is 10.0 Å². The van der Waals surface area contributed by atoms with Crippen LogP contribution < -0.4 is 15.8 Å². The summed E-state index contributed by atoms with van der Waals surface area (Å²) in [6.45, 7) is 4.48. The lowest BCUT2D eigenvalue weighted by Gasteiger charge is -2.25. The van der Waals surface area contributed by atoms with Crippen LogP contribution in [0.1, 0.15) is 26.7 Å². The molecular formula is C13H21N3O2S. The number of benzene rings is 1. The van der Waals surface area contributed by atoms with E-state index in [1.54, 1.807) is 24.3 Å². The number of nitrogens with one attached hydrogen (secondary N) is 2. The summed E-state index contributed by atoms with van der Waals surface area (Å²) in [5, 5.41) is 3.26. The van der Waals surface area contributed by atoms with E-state index in [1.165, 1.54) is 0 Å². The first-order chi connectivity index (χ1) is 8.82. The van der Waals surface area contributed by atoms with Gasteiger partial charge in [-0.2, -0.15) is 0 Å². The van der Waals surface area contributed by atoms with Crippen molar-refractivity contribution in [3.63, 3.8) is 0 Å². The zero-order valence-electron chi connectivity index (χ0n) is 11.3. The molecule has 6 heteroatoms. The molecule has 1 aliphatic rings. The van der Waals surface area contributed by atoms with Gasteiger partial charge in [-0.25, -0.2) is 13.1 Å². The molecule has 0 radical (unpaired) electrons. The predicted octanol–water partition coefficient (Wildman–Crippen LogP) is 1.28. The van der Waals surface area contributed by atoms with Crippen LogP contribution in [0.5, 0.6) is 0 Å². The molecule has 0 amide bonds. The Morgan fingerprint density at radius 2 is 1.84 bits per heavy atom. The average Bonchev–Trinajstić information content (AvgIpc) is 3.12. The van der Waals surface area contributed by atoms with Crippen LogP contribution in [0.25, 0.3) is 0 Å². The summed E-state index contributed by atoms with van der Waals surface area (Å²) in [5.41, 5.74) is 6.29. The number of rotatable bonds is 6. The molecule has 0 spiro atoms. The molecule has 0 aliphatic heterocycles. The molecular weight excluding hydrogens is 262 g/mol. The van der Waals surface area contributed by atoms with Gasteiger partial charge in [0.1, 0.15) is 0 Å². The van der Waals surface area contributed by atoms with Gasteiger partial charge in [-0.05, 0) is 51.0 Å². The number of anilines is 1. The van der Waals surface area contributed by atoms with E-state index >= 15 is 0 Å². The standard InChI is InChI=1S/C13H21N3O2S/c1-13(2,9-14)15-10-5-7-12(8-6-10)19(17,18)16-11-3-4-11/h5-8,11,15-16H,3-4,9,14H2,1-2H3. The van der Waals surface area contributed by atoms with E-state index in [0.717, 1.165) is 18.5 Å². The Hall–Kier alpha value is -1.11. The summed E-state index contributed by atoms with van der Waals surface area (Å²) in [6.07, 6.45) is 1.87. The second-order valence-electron chi connectivity index (χ2n) is 5.63. The normalized spacial score (nSPS) is 16.4. The molecule has 1 aliphatic carbocycles. The quantitative estimate of drug-likeness (QED) is 0.734. The van der Waals surface area contributed by atoms with Crippen molar-refractivity contribution in [3.05, 3.63) is 24.3 Å². The van der Waals surface area contributed by atoms with Crippen molar-refractivity contribution < 1.29 is 8.42 Å². The van der Waals surface area contributed by atoms with Gasteiger partial charge in [0, 0.05) is 23.8 Å². The molecule has 0 heterocycles. The summed E-state index contributed by atoms with van der Waals surface area (Å²) in [6, 6.07) is 6.87. The highest BCUT2D eigenvalue weighted by Gasteiger charge is 2.27. The van der Waals surface area contributed by atoms with E-state index in [9.17, 15) is 8.42 Å². The number of hydrogen-bond acceptors (Lipinski definition) is 4. The van der Waals surface area contributed by atoms with Gasteiger partial charge in [0.05, 0.1) is 4.90 Å². The van der Waals surface area contributed by atoms with Gasteiger partial charge in [0.15, 0.2) is 0 Å². The van der Waals surface area contributed by atoms with E-state index < -0.39 is 10.0 Å². The van der Waals surface area contributed by atoms with Gasteiger partial charge in [-0.3, -0.25) is 0 Å². The molecule has 1 saturated carbocycles. The number of nitrogens with two attached hydrogens (primary N) is 1. The molecule has 2 rings (SSSR count). The zero-order chi connectivity index (χ0) is 14.1. The van der Waals surface area contributed by atoms with Crippen LogP contribution in [0.2, 0.25) is 0 Å². The van der Waals surface area contributed by atoms with Gasteiger partial charge in [-0.15, -0.1) is 0 Å². The summed E-state index contributed by atoms with van der Waals surface area (Å²) < 4.78 is 26.6. The summed E-state index contributed by atoms with van der Waals surface area (Å²) in [7, 11) is -3.37. The van der Waals surface area contributed by atoms with Crippen molar-refractivity contribution in [2.45, 2.75) is 43.2 Å². The summed E-state index contributed by atoms with van der Waals surface area (Å²) >= 11 is 0. The highest BCUT2D eigenvalue weighted by atomic mass is 32.2. The minimum atomic E-state index is -3.37. The third-order valence-corrected chi connectivity index (χ3v) is 4.59. The van der Waals surface area contributed by atoms with Gasteiger partial charge < -0.3 is 11.1 Å². The zero-order valence-corrected chi connectivity index (χ0v) is 12.1. The molecule has 106 valence electrons. The molecule has 0 bridgehead atoms. The van der Waals surface area contributed by atoms with Crippen LogP contribution in [-0.4, -0.2) is 26.5 Å². The van der Waals surface area contributed by atoms with E-state index in [2.05, 4.69) is 10.0 Å². The third-order valence-electron chi connectivity index (χ3n) is 3.06. The highest BCUT2D eigenvalue weighted by molar-refractivity contribution is 7.89. The smallest absolute Gasteiger partial charge is 0.240 e. The van der Waals surface area contributed by atoms with E-state index in [4.69, 9.17) is 5.73 Å². The molecule has 4 N–H and O–H groups in total. The molecule has 19 heavy (non-hydrogen) atoms. The Balaban J connectivity index is 2.09.